The van der Waals surface area contributed by atoms with E-state index in [1.54, 1.807) is 11.8 Å². The molecule has 1 heterocycles. The van der Waals surface area contributed by atoms with Crippen LogP contribution >= 0.6 is 11.8 Å². The number of aliphatic hydroxyl groups is 1. The molecule has 2 saturated carbocycles. The van der Waals surface area contributed by atoms with Crippen LogP contribution in [0.4, 0.5) is 4.79 Å². The van der Waals surface area contributed by atoms with Gasteiger partial charge >= 0.3 is 6.03 Å². The average molecular weight is 298 g/mol. The van der Waals surface area contributed by atoms with Crippen LogP contribution < -0.4 is 10.6 Å². The van der Waals surface area contributed by atoms with Gasteiger partial charge in [0.25, 0.3) is 0 Å². The van der Waals surface area contributed by atoms with Gasteiger partial charge in [-0.2, -0.15) is 11.8 Å². The fraction of sp³-hybridized carbons (Fsp3) is 0.933. The van der Waals surface area contributed by atoms with Gasteiger partial charge in [0.1, 0.15) is 0 Å². The lowest BCUT2D eigenvalue weighted by Crippen LogP contribution is -2.49. The molecule has 3 rings (SSSR count). The van der Waals surface area contributed by atoms with Crippen LogP contribution in [0, 0.1) is 11.8 Å². The molecule has 4 nitrogen and oxygen atoms in total. The third-order valence-electron chi connectivity index (χ3n) is 5.00. The number of nitrogens with one attached hydrogen (secondary N) is 2. The van der Waals surface area contributed by atoms with Crippen molar-refractivity contribution < 1.29 is 9.90 Å². The molecule has 0 bridgehead atoms. The van der Waals surface area contributed by atoms with Crippen LogP contribution in [0.2, 0.25) is 0 Å². The molecule has 20 heavy (non-hydrogen) atoms. The number of hydrogen-bond donors (Lipinski definition) is 3. The summed E-state index contributed by atoms with van der Waals surface area (Å²) in [6, 6.07) is 0.235. The monoisotopic (exact) mass is 298 g/mol. The van der Waals surface area contributed by atoms with E-state index < -0.39 is 5.60 Å². The Labute approximate surface area is 125 Å². The lowest BCUT2D eigenvalue weighted by molar-refractivity contribution is 0.0697. The van der Waals surface area contributed by atoms with Crippen molar-refractivity contribution in [3.63, 3.8) is 0 Å². The predicted molar refractivity (Wildman–Crippen MR) is 81.9 cm³/mol. The molecule has 5 heteroatoms. The minimum atomic E-state index is -0.689. The van der Waals surface area contributed by atoms with Crippen LogP contribution in [0.25, 0.3) is 0 Å². The maximum Gasteiger partial charge on any atom is 0.315 e. The number of urea groups is 1. The second-order valence-corrected chi connectivity index (χ2v) is 7.92. The molecule has 1 saturated heterocycles. The molecular formula is C15H26N2O2S. The summed E-state index contributed by atoms with van der Waals surface area (Å²) in [5.41, 5.74) is -0.689. The molecule has 2 amide bonds. The average Bonchev–Trinajstić information content (AvgIpc) is 3.20. The van der Waals surface area contributed by atoms with Crippen LogP contribution in [0.5, 0.6) is 0 Å². The molecular weight excluding hydrogens is 272 g/mol. The molecule has 3 unspecified atom stereocenters. The summed E-state index contributed by atoms with van der Waals surface area (Å²) in [6.45, 7) is 0.380. The normalized spacial score (nSPS) is 37.6. The lowest BCUT2D eigenvalue weighted by atomic mass is 9.83. The summed E-state index contributed by atoms with van der Waals surface area (Å²) in [6.07, 6.45) is 8.43. The van der Waals surface area contributed by atoms with E-state index in [0.29, 0.717) is 12.6 Å². The van der Waals surface area contributed by atoms with Crippen molar-refractivity contribution in [1.82, 2.24) is 10.6 Å². The van der Waals surface area contributed by atoms with Crippen LogP contribution in [0.3, 0.4) is 0 Å². The molecule has 0 aromatic rings. The van der Waals surface area contributed by atoms with Crippen molar-refractivity contribution in [3.8, 4) is 0 Å². The maximum atomic E-state index is 12.0. The van der Waals surface area contributed by atoms with Crippen molar-refractivity contribution in [2.24, 2.45) is 11.8 Å². The summed E-state index contributed by atoms with van der Waals surface area (Å²) in [5, 5.41) is 16.2. The van der Waals surface area contributed by atoms with Gasteiger partial charge < -0.3 is 15.7 Å². The highest BCUT2D eigenvalue weighted by Gasteiger charge is 2.35. The molecule has 3 aliphatic rings. The van der Waals surface area contributed by atoms with Crippen molar-refractivity contribution in [2.45, 2.75) is 56.6 Å². The largest absolute Gasteiger partial charge is 0.387 e. The summed E-state index contributed by atoms with van der Waals surface area (Å²) in [7, 11) is 0. The maximum absolute atomic E-state index is 12.0. The quantitative estimate of drug-likeness (QED) is 0.745. The van der Waals surface area contributed by atoms with Crippen LogP contribution in [-0.2, 0) is 0 Å². The van der Waals surface area contributed by atoms with E-state index in [-0.39, 0.29) is 6.03 Å². The Bertz CT molecular complexity index is 354. The van der Waals surface area contributed by atoms with E-state index in [1.165, 1.54) is 25.7 Å². The van der Waals surface area contributed by atoms with Gasteiger partial charge in [0, 0.05) is 18.3 Å². The Morgan fingerprint density at radius 3 is 2.80 bits per heavy atom. The van der Waals surface area contributed by atoms with E-state index in [4.69, 9.17) is 0 Å². The van der Waals surface area contributed by atoms with Crippen LogP contribution in [-0.4, -0.2) is 40.8 Å². The van der Waals surface area contributed by atoms with Gasteiger partial charge in [0.2, 0.25) is 0 Å². The zero-order valence-electron chi connectivity index (χ0n) is 12.1. The predicted octanol–water partition coefficient (Wildman–Crippen LogP) is 2.12. The van der Waals surface area contributed by atoms with Crippen molar-refractivity contribution >= 4 is 17.8 Å². The fourth-order valence-electron chi connectivity index (χ4n) is 3.57. The Hall–Kier alpha value is -0.420. The molecule has 0 radical (unpaired) electrons. The molecule has 0 spiro atoms. The number of amides is 2. The van der Waals surface area contributed by atoms with E-state index in [2.05, 4.69) is 10.6 Å². The number of carbonyl (C=O) groups excluding carboxylic acids is 1. The van der Waals surface area contributed by atoms with Crippen LogP contribution in [0.15, 0.2) is 0 Å². The second kappa shape index (κ2) is 6.14. The number of carbonyl (C=O) groups is 1. The standard InChI is InChI=1S/C15H26N2O2S/c18-14(16-9-15(19)6-7-20-10-15)17-13-3-1-2-12(8-13)11-4-5-11/h11-13,19H,1-10H2,(H2,16,17,18). The minimum absolute atomic E-state index is 0.100. The first-order valence-corrected chi connectivity index (χ1v) is 9.15. The van der Waals surface area contributed by atoms with Gasteiger partial charge in [-0.3, -0.25) is 0 Å². The molecule has 0 aromatic heterocycles. The second-order valence-electron chi connectivity index (χ2n) is 6.81. The molecule has 114 valence electrons. The Balaban J connectivity index is 1.39. The van der Waals surface area contributed by atoms with Gasteiger partial charge in [0.05, 0.1) is 5.60 Å². The summed E-state index contributed by atoms with van der Waals surface area (Å²) in [5.74, 6) is 3.51. The molecule has 3 N–H and O–H groups in total. The smallest absolute Gasteiger partial charge is 0.315 e. The van der Waals surface area contributed by atoms with Crippen molar-refractivity contribution in [1.29, 1.82) is 0 Å². The van der Waals surface area contributed by atoms with Crippen molar-refractivity contribution in [3.05, 3.63) is 0 Å². The fourth-order valence-corrected chi connectivity index (χ4v) is 4.87. The highest BCUT2D eigenvalue weighted by atomic mass is 32.2. The van der Waals surface area contributed by atoms with Gasteiger partial charge in [-0.05, 0) is 49.7 Å². The first kappa shape index (κ1) is 14.5. The first-order chi connectivity index (χ1) is 9.65. The molecule has 2 aliphatic carbocycles. The van der Waals surface area contributed by atoms with Gasteiger partial charge in [-0.15, -0.1) is 0 Å². The first-order valence-electron chi connectivity index (χ1n) is 7.99. The van der Waals surface area contributed by atoms with Gasteiger partial charge in [-0.25, -0.2) is 4.79 Å². The van der Waals surface area contributed by atoms with Gasteiger partial charge in [0.15, 0.2) is 0 Å². The molecule has 0 aromatic carbocycles. The Kier molecular flexibility index (Phi) is 4.46. The zero-order valence-corrected chi connectivity index (χ0v) is 12.9. The third-order valence-corrected chi connectivity index (χ3v) is 6.23. The van der Waals surface area contributed by atoms with E-state index in [0.717, 1.165) is 42.6 Å². The minimum Gasteiger partial charge on any atom is -0.387 e. The van der Waals surface area contributed by atoms with Gasteiger partial charge in [-0.1, -0.05) is 12.8 Å². The van der Waals surface area contributed by atoms with E-state index >= 15 is 0 Å². The highest BCUT2D eigenvalue weighted by molar-refractivity contribution is 7.99. The van der Waals surface area contributed by atoms with E-state index in [9.17, 15) is 9.90 Å². The number of rotatable bonds is 4. The summed E-state index contributed by atoms with van der Waals surface area (Å²) >= 11 is 1.76. The third kappa shape index (κ3) is 3.82. The van der Waals surface area contributed by atoms with Crippen LogP contribution in [0.1, 0.15) is 44.9 Å². The molecule has 3 atom stereocenters. The Morgan fingerprint density at radius 2 is 2.10 bits per heavy atom. The van der Waals surface area contributed by atoms with Crippen molar-refractivity contribution in [2.75, 3.05) is 18.1 Å². The SMILES string of the molecule is O=C(NCC1(O)CCSC1)NC1CCCC(C2CC2)C1. The summed E-state index contributed by atoms with van der Waals surface area (Å²) in [4.78, 5) is 12.0. The number of thioether (sulfide) groups is 1. The summed E-state index contributed by atoms with van der Waals surface area (Å²) < 4.78 is 0. The Morgan fingerprint density at radius 1 is 1.25 bits per heavy atom. The highest BCUT2D eigenvalue weighted by Crippen LogP contribution is 2.43. The van der Waals surface area contributed by atoms with E-state index in [1.807, 2.05) is 0 Å². The topological polar surface area (TPSA) is 61.4 Å². The molecule has 3 fully saturated rings. The molecule has 1 aliphatic heterocycles. The lowest BCUT2D eigenvalue weighted by Gasteiger charge is -2.30. The zero-order chi connectivity index (χ0) is 14.0. The number of hydrogen-bond acceptors (Lipinski definition) is 3.